The molecular formula is C15H17NO3. The molecule has 1 aromatic carbocycles. The predicted octanol–water partition coefficient (Wildman–Crippen LogP) is 2.79. The maximum Gasteiger partial charge on any atom is 0.346 e. The normalized spacial score (nSPS) is 12.2. The van der Waals surface area contributed by atoms with Crippen molar-refractivity contribution in [1.82, 2.24) is 4.98 Å². The van der Waals surface area contributed by atoms with Crippen molar-refractivity contribution >= 4 is 16.9 Å². The number of carbonyl (C=O) groups is 1. The van der Waals surface area contributed by atoms with E-state index in [1.54, 1.807) is 6.92 Å². The van der Waals surface area contributed by atoms with Gasteiger partial charge in [0, 0.05) is 17.1 Å². The third-order valence-corrected chi connectivity index (χ3v) is 2.96. The van der Waals surface area contributed by atoms with E-state index >= 15 is 0 Å². The summed E-state index contributed by atoms with van der Waals surface area (Å²) in [6.07, 6.45) is -0.631. The molecule has 0 spiro atoms. The van der Waals surface area contributed by atoms with Gasteiger partial charge in [0.05, 0.1) is 12.6 Å². The Hall–Kier alpha value is -2.10. The number of fused-ring (bicyclic) bond motifs is 1. The van der Waals surface area contributed by atoms with Crippen LogP contribution in [0.4, 0.5) is 0 Å². The van der Waals surface area contributed by atoms with Crippen molar-refractivity contribution in [3.05, 3.63) is 35.5 Å². The van der Waals surface area contributed by atoms with E-state index in [-0.39, 0.29) is 0 Å². The van der Waals surface area contributed by atoms with Crippen LogP contribution in [-0.4, -0.2) is 24.2 Å². The van der Waals surface area contributed by atoms with Gasteiger partial charge in [-0.15, -0.1) is 0 Å². The van der Waals surface area contributed by atoms with Gasteiger partial charge in [-0.05, 0) is 44.5 Å². The Labute approximate surface area is 112 Å². The SMILES string of the molecule is COC(=O)C(C)Oc1ccc2c(C)cc(C)nc2c1. The Bertz CT molecular complexity index is 622. The van der Waals surface area contributed by atoms with Crippen molar-refractivity contribution in [3.8, 4) is 5.75 Å². The van der Waals surface area contributed by atoms with Gasteiger partial charge >= 0.3 is 5.97 Å². The van der Waals surface area contributed by atoms with E-state index in [9.17, 15) is 4.79 Å². The number of carbonyl (C=O) groups excluding carboxylic acids is 1. The molecular weight excluding hydrogens is 242 g/mol. The summed E-state index contributed by atoms with van der Waals surface area (Å²) in [5.74, 6) is 0.219. The fraction of sp³-hybridized carbons (Fsp3) is 0.333. The molecule has 2 aromatic rings. The second-order valence-corrected chi connectivity index (χ2v) is 4.54. The fourth-order valence-corrected chi connectivity index (χ4v) is 2.04. The van der Waals surface area contributed by atoms with Gasteiger partial charge in [-0.3, -0.25) is 4.98 Å². The second-order valence-electron chi connectivity index (χ2n) is 4.54. The van der Waals surface area contributed by atoms with E-state index in [0.29, 0.717) is 5.75 Å². The molecule has 19 heavy (non-hydrogen) atoms. The van der Waals surface area contributed by atoms with Crippen LogP contribution in [0.25, 0.3) is 10.9 Å². The zero-order valence-corrected chi connectivity index (χ0v) is 11.6. The molecule has 2 rings (SSSR count). The number of hydrogen-bond donors (Lipinski definition) is 0. The summed E-state index contributed by atoms with van der Waals surface area (Å²) in [6, 6.07) is 7.68. The number of esters is 1. The van der Waals surface area contributed by atoms with Crippen molar-refractivity contribution in [1.29, 1.82) is 0 Å². The smallest absolute Gasteiger partial charge is 0.346 e. The molecule has 1 heterocycles. The highest BCUT2D eigenvalue weighted by atomic mass is 16.6. The maximum atomic E-state index is 11.3. The van der Waals surface area contributed by atoms with Crippen LogP contribution in [0, 0.1) is 13.8 Å². The summed E-state index contributed by atoms with van der Waals surface area (Å²) in [6.45, 7) is 5.66. The molecule has 4 nitrogen and oxygen atoms in total. The number of rotatable bonds is 3. The van der Waals surface area contributed by atoms with Crippen molar-refractivity contribution in [3.63, 3.8) is 0 Å². The van der Waals surface area contributed by atoms with E-state index in [0.717, 1.165) is 16.6 Å². The first-order chi connectivity index (χ1) is 9.01. The topological polar surface area (TPSA) is 48.4 Å². The lowest BCUT2D eigenvalue weighted by Gasteiger charge is -2.13. The van der Waals surface area contributed by atoms with Crippen LogP contribution in [0.3, 0.4) is 0 Å². The zero-order valence-electron chi connectivity index (χ0n) is 11.6. The van der Waals surface area contributed by atoms with Gasteiger partial charge in [-0.1, -0.05) is 0 Å². The minimum absolute atomic E-state index is 0.395. The Morgan fingerprint density at radius 3 is 2.68 bits per heavy atom. The van der Waals surface area contributed by atoms with E-state index in [1.165, 1.54) is 12.7 Å². The van der Waals surface area contributed by atoms with Gasteiger partial charge in [-0.25, -0.2) is 4.79 Å². The zero-order chi connectivity index (χ0) is 14.0. The van der Waals surface area contributed by atoms with Gasteiger partial charge in [0.2, 0.25) is 0 Å². The van der Waals surface area contributed by atoms with Crippen LogP contribution in [0.2, 0.25) is 0 Å². The monoisotopic (exact) mass is 259 g/mol. The van der Waals surface area contributed by atoms with E-state index in [4.69, 9.17) is 4.74 Å². The minimum Gasteiger partial charge on any atom is -0.479 e. The minimum atomic E-state index is -0.631. The van der Waals surface area contributed by atoms with Crippen molar-refractivity contribution in [2.45, 2.75) is 26.9 Å². The van der Waals surface area contributed by atoms with Gasteiger partial charge in [0.1, 0.15) is 5.75 Å². The van der Waals surface area contributed by atoms with E-state index in [2.05, 4.69) is 16.6 Å². The Kier molecular flexibility index (Phi) is 3.69. The molecule has 0 N–H and O–H groups in total. The van der Waals surface area contributed by atoms with Gasteiger partial charge in [0.25, 0.3) is 0 Å². The van der Waals surface area contributed by atoms with Crippen LogP contribution in [-0.2, 0) is 9.53 Å². The number of nitrogens with zero attached hydrogens (tertiary/aromatic N) is 1. The number of pyridine rings is 1. The molecule has 1 unspecified atom stereocenters. The number of benzene rings is 1. The molecule has 0 amide bonds. The lowest BCUT2D eigenvalue weighted by Crippen LogP contribution is -2.24. The molecule has 0 saturated heterocycles. The van der Waals surface area contributed by atoms with E-state index < -0.39 is 12.1 Å². The first kappa shape index (κ1) is 13.3. The lowest BCUT2D eigenvalue weighted by molar-refractivity contribution is -0.147. The largest absolute Gasteiger partial charge is 0.479 e. The molecule has 0 aliphatic rings. The Morgan fingerprint density at radius 2 is 2.00 bits per heavy atom. The van der Waals surface area contributed by atoms with Crippen LogP contribution in [0.5, 0.6) is 5.75 Å². The maximum absolute atomic E-state index is 11.3. The highest BCUT2D eigenvalue weighted by molar-refractivity contribution is 5.83. The number of aromatic nitrogens is 1. The number of aryl methyl sites for hydroxylation is 2. The second kappa shape index (κ2) is 5.26. The van der Waals surface area contributed by atoms with Crippen LogP contribution in [0.1, 0.15) is 18.2 Å². The quantitative estimate of drug-likeness (QED) is 0.795. The third-order valence-electron chi connectivity index (χ3n) is 2.96. The van der Waals surface area contributed by atoms with Crippen LogP contribution in [0.15, 0.2) is 24.3 Å². The summed E-state index contributed by atoms with van der Waals surface area (Å²) in [5, 5.41) is 1.09. The first-order valence-corrected chi connectivity index (χ1v) is 6.13. The van der Waals surface area contributed by atoms with E-state index in [1.807, 2.05) is 31.2 Å². The standard InChI is InChI=1S/C15H17NO3/c1-9-7-10(2)16-14-8-12(5-6-13(9)14)19-11(3)15(17)18-4/h5-8,11H,1-4H3. The summed E-state index contributed by atoms with van der Waals surface area (Å²) in [7, 11) is 1.34. The average molecular weight is 259 g/mol. The Balaban J connectivity index is 2.34. The highest BCUT2D eigenvalue weighted by Gasteiger charge is 2.15. The third kappa shape index (κ3) is 2.84. The molecule has 0 aliphatic heterocycles. The molecule has 0 fully saturated rings. The number of hydrogen-bond acceptors (Lipinski definition) is 4. The lowest BCUT2D eigenvalue weighted by atomic mass is 10.1. The molecule has 0 bridgehead atoms. The molecule has 100 valence electrons. The fourth-order valence-electron chi connectivity index (χ4n) is 2.04. The summed E-state index contributed by atoms with van der Waals surface area (Å²) in [4.78, 5) is 15.8. The first-order valence-electron chi connectivity index (χ1n) is 6.13. The summed E-state index contributed by atoms with van der Waals surface area (Å²) in [5.41, 5.74) is 3.00. The van der Waals surface area contributed by atoms with Crippen molar-refractivity contribution in [2.24, 2.45) is 0 Å². The molecule has 0 saturated carbocycles. The molecule has 1 aromatic heterocycles. The Morgan fingerprint density at radius 1 is 1.26 bits per heavy atom. The molecule has 4 heteroatoms. The number of methoxy groups -OCH3 is 1. The number of ether oxygens (including phenoxy) is 2. The average Bonchev–Trinajstić information content (AvgIpc) is 2.36. The molecule has 0 radical (unpaired) electrons. The van der Waals surface area contributed by atoms with Gasteiger partial charge in [-0.2, -0.15) is 0 Å². The summed E-state index contributed by atoms with van der Waals surface area (Å²) >= 11 is 0. The summed E-state index contributed by atoms with van der Waals surface area (Å²) < 4.78 is 10.2. The predicted molar refractivity (Wildman–Crippen MR) is 73.3 cm³/mol. The van der Waals surface area contributed by atoms with Crippen LogP contribution < -0.4 is 4.74 Å². The molecule has 1 atom stereocenters. The van der Waals surface area contributed by atoms with Crippen LogP contribution >= 0.6 is 0 Å². The van der Waals surface area contributed by atoms with Gasteiger partial charge in [0.15, 0.2) is 6.10 Å². The van der Waals surface area contributed by atoms with Gasteiger partial charge < -0.3 is 9.47 Å². The van der Waals surface area contributed by atoms with Crippen molar-refractivity contribution in [2.75, 3.05) is 7.11 Å². The molecule has 0 aliphatic carbocycles. The van der Waals surface area contributed by atoms with Crippen molar-refractivity contribution < 1.29 is 14.3 Å². The highest BCUT2D eigenvalue weighted by Crippen LogP contribution is 2.23.